The van der Waals surface area contributed by atoms with Crippen molar-refractivity contribution in [1.82, 2.24) is 0 Å². The van der Waals surface area contributed by atoms with E-state index < -0.39 is 0 Å². The van der Waals surface area contributed by atoms with Gasteiger partial charge in [-0.25, -0.2) is 0 Å². The number of hydrogen-bond acceptors (Lipinski definition) is 6. The summed E-state index contributed by atoms with van der Waals surface area (Å²) in [4.78, 5) is 0. The second-order valence-electron chi connectivity index (χ2n) is 16.7. The molecule has 6 heteroatoms. The molecule has 0 aromatic rings. The van der Waals surface area contributed by atoms with E-state index in [1.807, 2.05) is 0 Å². The lowest BCUT2D eigenvalue weighted by Crippen LogP contribution is -2.56. The number of ether oxygens (including phenoxy) is 6. The van der Waals surface area contributed by atoms with E-state index in [2.05, 4.69) is 55.4 Å². The van der Waals surface area contributed by atoms with E-state index in [-0.39, 0.29) is 46.1 Å². The van der Waals surface area contributed by atoms with Gasteiger partial charge in [0.05, 0.1) is 77.3 Å². The highest BCUT2D eigenvalue weighted by Gasteiger charge is 2.55. The van der Waals surface area contributed by atoms with E-state index in [0.29, 0.717) is 76.5 Å². The molecular formula is C34H60O6. The van der Waals surface area contributed by atoms with Crippen LogP contribution in [0, 0.1) is 45.3 Å². The molecule has 6 aliphatic rings. The maximum Gasteiger partial charge on any atom is 0.0704 e. The van der Waals surface area contributed by atoms with Gasteiger partial charge in [-0.05, 0) is 83.9 Å². The van der Waals surface area contributed by atoms with Crippen LogP contribution in [-0.4, -0.2) is 77.3 Å². The molecule has 4 aliphatic carbocycles. The van der Waals surface area contributed by atoms with Gasteiger partial charge < -0.3 is 28.4 Å². The van der Waals surface area contributed by atoms with Gasteiger partial charge in [-0.3, -0.25) is 0 Å². The normalized spacial score (nSPS) is 43.8. The van der Waals surface area contributed by atoms with Gasteiger partial charge >= 0.3 is 0 Å². The Hall–Kier alpha value is -0.240. The lowest BCUT2D eigenvalue weighted by molar-refractivity contribution is -0.198. The van der Waals surface area contributed by atoms with Crippen LogP contribution in [0.1, 0.15) is 93.9 Å². The number of fused-ring (bicyclic) bond motifs is 14. The first-order chi connectivity index (χ1) is 18.8. The molecule has 4 saturated carbocycles. The average molecular weight is 565 g/mol. The lowest BCUT2D eigenvalue weighted by atomic mass is 9.53. The molecule has 2 saturated heterocycles. The SMILES string of the molecule is CC1(C)C[C@H]2C[C@@H]3CC(C)(C)[C@H]2OCCOCCO[C@H]2[C@@H]4C[C@H](CC2(C)C)[C@H](OCCOCCO[C@@H]31)C(C)(C)C4. The van der Waals surface area contributed by atoms with Crippen LogP contribution in [-0.2, 0) is 28.4 Å². The van der Waals surface area contributed by atoms with Crippen molar-refractivity contribution < 1.29 is 28.4 Å². The highest BCUT2D eigenvalue weighted by Crippen LogP contribution is 2.57. The summed E-state index contributed by atoms with van der Waals surface area (Å²) in [7, 11) is 0. The largest absolute Gasteiger partial charge is 0.377 e. The Bertz CT molecular complexity index is 704. The fourth-order valence-electron chi connectivity index (χ4n) is 10.3. The molecular weight excluding hydrogens is 504 g/mol. The third-order valence-corrected chi connectivity index (χ3v) is 11.3. The molecule has 6 rings (SSSR count). The predicted octanol–water partition coefficient (Wildman–Crippen LogP) is 6.54. The Labute approximate surface area is 244 Å². The summed E-state index contributed by atoms with van der Waals surface area (Å²) >= 11 is 0. The van der Waals surface area contributed by atoms with Crippen molar-refractivity contribution in [2.75, 3.05) is 52.9 Å². The Balaban J connectivity index is 1.25. The van der Waals surface area contributed by atoms with Crippen LogP contribution in [0.3, 0.4) is 0 Å². The summed E-state index contributed by atoms with van der Waals surface area (Å²) in [5, 5.41) is 0. The quantitative estimate of drug-likeness (QED) is 0.312. The molecule has 2 heterocycles. The van der Waals surface area contributed by atoms with Gasteiger partial charge in [-0.15, -0.1) is 0 Å². The predicted molar refractivity (Wildman–Crippen MR) is 157 cm³/mol. The minimum absolute atomic E-state index is 0.133. The molecule has 0 unspecified atom stereocenters. The fraction of sp³-hybridized carbons (Fsp3) is 1.00. The van der Waals surface area contributed by atoms with Crippen molar-refractivity contribution in [3.63, 3.8) is 0 Å². The molecule has 6 nitrogen and oxygen atoms in total. The van der Waals surface area contributed by atoms with E-state index in [0.717, 1.165) is 25.7 Å². The zero-order valence-corrected chi connectivity index (χ0v) is 27.0. The van der Waals surface area contributed by atoms with E-state index in [1.165, 1.54) is 12.8 Å². The van der Waals surface area contributed by atoms with Crippen molar-refractivity contribution in [3.8, 4) is 0 Å². The van der Waals surface area contributed by atoms with Gasteiger partial charge in [0, 0.05) is 0 Å². The average Bonchev–Trinajstić information content (AvgIpc) is 2.81. The summed E-state index contributed by atoms with van der Waals surface area (Å²) < 4.78 is 38.6. The van der Waals surface area contributed by atoms with Crippen LogP contribution < -0.4 is 0 Å². The van der Waals surface area contributed by atoms with Crippen molar-refractivity contribution >= 4 is 0 Å². The fourth-order valence-corrected chi connectivity index (χ4v) is 10.3. The monoisotopic (exact) mass is 564 g/mol. The minimum Gasteiger partial charge on any atom is -0.377 e. The Morgan fingerprint density at radius 3 is 0.800 bits per heavy atom. The van der Waals surface area contributed by atoms with E-state index in [1.54, 1.807) is 0 Å². The third kappa shape index (κ3) is 6.63. The van der Waals surface area contributed by atoms with Crippen molar-refractivity contribution in [2.24, 2.45) is 45.3 Å². The molecule has 6 fully saturated rings. The minimum atomic E-state index is 0.133. The second-order valence-corrected chi connectivity index (χ2v) is 16.7. The van der Waals surface area contributed by atoms with Crippen LogP contribution in [0.15, 0.2) is 0 Å². The standard InChI is InChI=1S/C34H60O6/c1-31(2)19-23-17-24-20-32(3,4)28(23)38-14-10-36-12-16-40-30-26-18-25(21-34(30,7)8)29(33(5,6)22-26)39-15-11-35-9-13-37-27(24)31/h23-30H,9-22H2,1-8H3/t23-,24-,25-,26-,27+,28+,29+,30+/m1/s1. The summed E-state index contributed by atoms with van der Waals surface area (Å²) in [5.74, 6) is 2.29. The summed E-state index contributed by atoms with van der Waals surface area (Å²) in [5.41, 5.74) is 0.531. The summed E-state index contributed by atoms with van der Waals surface area (Å²) in [6.07, 6.45) is 8.04. The summed E-state index contributed by atoms with van der Waals surface area (Å²) in [6, 6.07) is 0. The lowest BCUT2D eigenvalue weighted by Gasteiger charge is -2.57. The first kappa shape index (κ1) is 31.2. The molecule has 0 amide bonds. The van der Waals surface area contributed by atoms with Crippen molar-refractivity contribution in [1.29, 1.82) is 0 Å². The molecule has 2 aliphatic heterocycles. The van der Waals surface area contributed by atoms with E-state index in [9.17, 15) is 0 Å². The zero-order chi connectivity index (χ0) is 28.8. The van der Waals surface area contributed by atoms with Crippen molar-refractivity contribution in [2.45, 2.75) is 118 Å². The Morgan fingerprint density at radius 1 is 0.350 bits per heavy atom. The number of hydrogen-bond donors (Lipinski definition) is 0. The Kier molecular flexibility index (Phi) is 9.39. The van der Waals surface area contributed by atoms with Crippen LogP contribution in [0.5, 0.6) is 0 Å². The van der Waals surface area contributed by atoms with Gasteiger partial charge in [0.25, 0.3) is 0 Å². The van der Waals surface area contributed by atoms with E-state index >= 15 is 0 Å². The van der Waals surface area contributed by atoms with Gasteiger partial charge in [0.15, 0.2) is 0 Å². The van der Waals surface area contributed by atoms with Crippen LogP contribution in [0.2, 0.25) is 0 Å². The molecule has 0 radical (unpaired) electrons. The van der Waals surface area contributed by atoms with Gasteiger partial charge in [-0.2, -0.15) is 0 Å². The third-order valence-electron chi connectivity index (χ3n) is 11.3. The number of rotatable bonds is 0. The first-order valence-electron chi connectivity index (χ1n) is 16.4. The molecule has 8 bridgehead atoms. The molecule has 0 aromatic carbocycles. The molecule has 232 valence electrons. The van der Waals surface area contributed by atoms with Crippen LogP contribution >= 0.6 is 0 Å². The zero-order valence-electron chi connectivity index (χ0n) is 27.0. The smallest absolute Gasteiger partial charge is 0.0704 e. The molecule has 0 aromatic heterocycles. The molecule has 0 spiro atoms. The highest BCUT2D eigenvalue weighted by molar-refractivity contribution is 5.05. The maximum atomic E-state index is 6.61. The topological polar surface area (TPSA) is 55.4 Å². The van der Waals surface area contributed by atoms with Crippen LogP contribution in [0.25, 0.3) is 0 Å². The van der Waals surface area contributed by atoms with Crippen LogP contribution in [0.4, 0.5) is 0 Å². The maximum absolute atomic E-state index is 6.61. The van der Waals surface area contributed by atoms with Crippen molar-refractivity contribution in [3.05, 3.63) is 0 Å². The molecule has 8 atom stereocenters. The van der Waals surface area contributed by atoms with E-state index in [4.69, 9.17) is 28.4 Å². The van der Waals surface area contributed by atoms with Gasteiger partial charge in [0.1, 0.15) is 0 Å². The highest BCUT2D eigenvalue weighted by atomic mass is 16.6. The first-order valence-corrected chi connectivity index (χ1v) is 16.4. The second kappa shape index (κ2) is 12.0. The van der Waals surface area contributed by atoms with Gasteiger partial charge in [0.2, 0.25) is 0 Å². The molecule has 0 N–H and O–H groups in total. The summed E-state index contributed by atoms with van der Waals surface area (Å²) in [6.45, 7) is 24.3. The van der Waals surface area contributed by atoms with Gasteiger partial charge in [-0.1, -0.05) is 55.4 Å². The Morgan fingerprint density at radius 2 is 0.575 bits per heavy atom. The molecule has 40 heavy (non-hydrogen) atoms.